The molecule has 0 bridgehead atoms. The van der Waals surface area contributed by atoms with Gasteiger partial charge in [0.05, 0.1) is 0 Å². The van der Waals surface area contributed by atoms with Gasteiger partial charge in [-0.3, -0.25) is 0 Å². The molecule has 0 radical (unpaired) electrons. The number of benzene rings is 10. The van der Waals surface area contributed by atoms with E-state index in [-0.39, 0.29) is 5.41 Å². The summed E-state index contributed by atoms with van der Waals surface area (Å²) in [6.45, 7) is 4.70. The van der Waals surface area contributed by atoms with Crippen LogP contribution in [0.5, 0.6) is 0 Å². The molecule has 0 amide bonds. The molecule has 294 valence electrons. The smallest absolute Gasteiger partial charge is 0.0467 e. The summed E-state index contributed by atoms with van der Waals surface area (Å²) < 4.78 is 0. The summed E-state index contributed by atoms with van der Waals surface area (Å²) in [5.74, 6) is 0. The van der Waals surface area contributed by atoms with E-state index in [9.17, 15) is 0 Å². The Bertz CT molecular complexity index is 3260. The monoisotopic (exact) mass is 791 g/mol. The van der Waals surface area contributed by atoms with Gasteiger partial charge in [0.25, 0.3) is 0 Å². The zero-order chi connectivity index (χ0) is 41.6. The predicted octanol–water partition coefficient (Wildman–Crippen LogP) is 17.0. The van der Waals surface area contributed by atoms with Crippen LogP contribution in [0.4, 0.5) is 17.1 Å². The Morgan fingerprint density at radius 2 is 0.758 bits per heavy atom. The zero-order valence-electron chi connectivity index (χ0n) is 35.0. The lowest BCUT2D eigenvalue weighted by molar-refractivity contribution is 0.660. The average Bonchev–Trinajstić information content (AvgIpc) is 3.57. The van der Waals surface area contributed by atoms with Crippen molar-refractivity contribution in [1.29, 1.82) is 0 Å². The van der Waals surface area contributed by atoms with Crippen LogP contribution in [0.3, 0.4) is 0 Å². The summed E-state index contributed by atoms with van der Waals surface area (Å²) in [6.07, 6.45) is 0. The largest absolute Gasteiger partial charge is 0.310 e. The van der Waals surface area contributed by atoms with E-state index in [1.165, 1.54) is 88.7 Å². The third kappa shape index (κ3) is 6.60. The van der Waals surface area contributed by atoms with Crippen molar-refractivity contribution in [2.75, 3.05) is 4.90 Å². The molecule has 0 saturated heterocycles. The maximum atomic E-state index is 2.41. The fourth-order valence-corrected chi connectivity index (χ4v) is 9.72. The summed E-state index contributed by atoms with van der Waals surface area (Å²) in [4.78, 5) is 2.40. The van der Waals surface area contributed by atoms with E-state index in [2.05, 4.69) is 255 Å². The van der Waals surface area contributed by atoms with Gasteiger partial charge in [-0.2, -0.15) is 0 Å². The Labute approximate surface area is 364 Å². The van der Waals surface area contributed by atoms with Gasteiger partial charge in [-0.05, 0) is 137 Å². The van der Waals surface area contributed by atoms with Crippen LogP contribution in [0.25, 0.3) is 77.5 Å². The second kappa shape index (κ2) is 15.4. The lowest BCUT2D eigenvalue weighted by atomic mass is 9.81. The SMILES string of the molecule is CC1(C)c2ccccc2-c2ccc(-c3ccc(N(c4cccc(-c5cccc(-c6cccc7ccccc67)c5)c4)c4cccc(-c5ccccc5-c5ccccc5)c4)cc3)cc21. The molecule has 10 aromatic rings. The highest BCUT2D eigenvalue weighted by molar-refractivity contribution is 5.97. The molecule has 0 saturated carbocycles. The molecule has 0 unspecified atom stereocenters. The zero-order valence-corrected chi connectivity index (χ0v) is 35.0. The van der Waals surface area contributed by atoms with E-state index in [1.807, 2.05) is 0 Å². The Morgan fingerprint density at radius 3 is 1.53 bits per heavy atom. The first-order valence-corrected chi connectivity index (χ1v) is 21.6. The van der Waals surface area contributed by atoms with Gasteiger partial charge in [-0.1, -0.05) is 202 Å². The van der Waals surface area contributed by atoms with E-state index >= 15 is 0 Å². The second-order valence-corrected chi connectivity index (χ2v) is 16.9. The van der Waals surface area contributed by atoms with E-state index in [1.54, 1.807) is 0 Å². The summed E-state index contributed by atoms with van der Waals surface area (Å²) >= 11 is 0. The highest BCUT2D eigenvalue weighted by atomic mass is 15.1. The van der Waals surface area contributed by atoms with Crippen LogP contribution in [0, 0.1) is 0 Å². The second-order valence-electron chi connectivity index (χ2n) is 16.9. The molecule has 0 aliphatic heterocycles. The van der Waals surface area contributed by atoms with E-state index in [4.69, 9.17) is 0 Å². The summed E-state index contributed by atoms with van der Waals surface area (Å²) in [5.41, 5.74) is 20.7. The minimum atomic E-state index is -0.0533. The molecule has 1 aliphatic rings. The molecule has 1 nitrogen and oxygen atoms in total. The van der Waals surface area contributed by atoms with Crippen LogP contribution >= 0.6 is 0 Å². The molecule has 0 heterocycles. The molecular weight excluding hydrogens is 747 g/mol. The first kappa shape index (κ1) is 37.3. The third-order valence-electron chi connectivity index (χ3n) is 12.9. The normalized spacial score (nSPS) is 12.5. The molecule has 1 heteroatoms. The van der Waals surface area contributed by atoms with Crippen molar-refractivity contribution in [3.8, 4) is 66.8 Å². The van der Waals surface area contributed by atoms with Crippen molar-refractivity contribution in [3.05, 3.63) is 248 Å². The van der Waals surface area contributed by atoms with Gasteiger partial charge in [-0.25, -0.2) is 0 Å². The van der Waals surface area contributed by atoms with Crippen LogP contribution in [0.2, 0.25) is 0 Å². The van der Waals surface area contributed by atoms with Crippen molar-refractivity contribution in [3.63, 3.8) is 0 Å². The molecule has 11 rings (SSSR count). The topological polar surface area (TPSA) is 3.24 Å². The number of anilines is 3. The Balaban J connectivity index is 1.01. The van der Waals surface area contributed by atoms with Gasteiger partial charge < -0.3 is 4.90 Å². The van der Waals surface area contributed by atoms with Crippen LogP contribution in [0.1, 0.15) is 25.0 Å². The van der Waals surface area contributed by atoms with Crippen molar-refractivity contribution in [2.45, 2.75) is 19.3 Å². The van der Waals surface area contributed by atoms with Crippen molar-refractivity contribution in [2.24, 2.45) is 0 Å². The lowest BCUT2D eigenvalue weighted by Gasteiger charge is -2.27. The Kier molecular flexibility index (Phi) is 9.24. The number of hydrogen-bond acceptors (Lipinski definition) is 1. The van der Waals surface area contributed by atoms with Crippen LogP contribution in [0.15, 0.2) is 237 Å². The maximum Gasteiger partial charge on any atom is 0.0467 e. The van der Waals surface area contributed by atoms with Gasteiger partial charge in [0, 0.05) is 22.5 Å². The number of fused-ring (bicyclic) bond motifs is 4. The molecule has 10 aromatic carbocycles. The third-order valence-corrected chi connectivity index (χ3v) is 12.9. The van der Waals surface area contributed by atoms with Crippen LogP contribution in [-0.2, 0) is 5.41 Å². The summed E-state index contributed by atoms with van der Waals surface area (Å²) in [7, 11) is 0. The quantitative estimate of drug-likeness (QED) is 0.148. The van der Waals surface area contributed by atoms with Crippen LogP contribution in [-0.4, -0.2) is 0 Å². The Hall–Kier alpha value is -7.74. The number of rotatable bonds is 8. The van der Waals surface area contributed by atoms with E-state index < -0.39 is 0 Å². The van der Waals surface area contributed by atoms with Crippen molar-refractivity contribution < 1.29 is 0 Å². The number of nitrogens with zero attached hydrogens (tertiary/aromatic N) is 1. The van der Waals surface area contributed by atoms with Crippen LogP contribution < -0.4 is 4.90 Å². The summed E-state index contributed by atoms with van der Waals surface area (Å²) in [6, 6.07) is 86.6. The highest BCUT2D eigenvalue weighted by Crippen LogP contribution is 2.50. The van der Waals surface area contributed by atoms with Gasteiger partial charge in [0.1, 0.15) is 0 Å². The minimum absolute atomic E-state index is 0.0533. The fourth-order valence-electron chi connectivity index (χ4n) is 9.72. The fraction of sp³-hybridized carbons (Fsp3) is 0.0492. The highest BCUT2D eigenvalue weighted by Gasteiger charge is 2.35. The minimum Gasteiger partial charge on any atom is -0.310 e. The molecule has 1 aliphatic carbocycles. The average molecular weight is 792 g/mol. The summed E-state index contributed by atoms with van der Waals surface area (Å²) in [5, 5.41) is 2.51. The molecular formula is C61H45N. The number of hydrogen-bond donors (Lipinski definition) is 0. The first-order valence-electron chi connectivity index (χ1n) is 21.6. The molecule has 0 spiro atoms. The molecule has 0 aromatic heterocycles. The van der Waals surface area contributed by atoms with Gasteiger partial charge >= 0.3 is 0 Å². The predicted molar refractivity (Wildman–Crippen MR) is 263 cm³/mol. The molecule has 0 fully saturated rings. The Morgan fingerprint density at radius 1 is 0.274 bits per heavy atom. The van der Waals surface area contributed by atoms with Gasteiger partial charge in [0.2, 0.25) is 0 Å². The van der Waals surface area contributed by atoms with Gasteiger partial charge in [0.15, 0.2) is 0 Å². The van der Waals surface area contributed by atoms with E-state index in [0.29, 0.717) is 0 Å². The lowest BCUT2D eigenvalue weighted by Crippen LogP contribution is -2.14. The van der Waals surface area contributed by atoms with Gasteiger partial charge in [-0.15, -0.1) is 0 Å². The molecule has 0 N–H and O–H groups in total. The van der Waals surface area contributed by atoms with Crippen molar-refractivity contribution >= 4 is 27.8 Å². The standard InChI is InChI=1S/C61H45N/c1-61(2)59-31-11-10-29-57(59)58-37-34-47(41-60(58)61)42-32-35-50(36-33-42)62(52-25-14-23-49(40-52)55-28-9-8-27-53(55)43-16-4-3-5-17-43)51-24-13-21-46(39-51)45-20-12-22-48(38-45)56-30-15-19-44-18-6-7-26-54(44)56/h3-41H,1-2H3. The molecule has 62 heavy (non-hydrogen) atoms. The van der Waals surface area contributed by atoms with E-state index in [0.717, 1.165) is 17.1 Å². The maximum absolute atomic E-state index is 2.41. The van der Waals surface area contributed by atoms with Crippen molar-refractivity contribution in [1.82, 2.24) is 0 Å². The first-order chi connectivity index (χ1) is 30.5. The molecule has 0 atom stereocenters.